The van der Waals surface area contributed by atoms with Crippen LogP contribution in [-0.4, -0.2) is 14.4 Å². The van der Waals surface area contributed by atoms with Gasteiger partial charge in [0.15, 0.2) is 5.65 Å². The maximum Gasteiger partial charge on any atom is 0.157 e. The van der Waals surface area contributed by atoms with Crippen molar-refractivity contribution in [2.45, 2.75) is 20.3 Å². The molecule has 68 valence electrons. The molecule has 4 nitrogen and oxygen atoms in total. The van der Waals surface area contributed by atoms with E-state index in [0.717, 1.165) is 29.3 Å². The van der Waals surface area contributed by atoms with E-state index in [9.17, 15) is 0 Å². The van der Waals surface area contributed by atoms with Gasteiger partial charge in [0.25, 0.3) is 0 Å². The molecule has 2 heterocycles. The zero-order chi connectivity index (χ0) is 9.42. The van der Waals surface area contributed by atoms with E-state index in [1.807, 2.05) is 24.4 Å². The summed E-state index contributed by atoms with van der Waals surface area (Å²) < 4.78 is 1.88. The molecule has 0 saturated carbocycles. The summed E-state index contributed by atoms with van der Waals surface area (Å²) in [7, 11) is 0. The fraction of sp³-hybridized carbons (Fsp3) is 0.333. The molecule has 0 bridgehead atoms. The van der Waals surface area contributed by atoms with E-state index in [2.05, 4.69) is 9.97 Å². The van der Waals surface area contributed by atoms with Crippen molar-refractivity contribution in [1.82, 2.24) is 14.4 Å². The molecule has 2 N–H and O–H groups in total. The standard InChI is InChI=1S/C9H12N4/c1-3-7-9(10)13-5-6(2)11-4-8(13)12-7/h4-5H,3,10H2,1-2H3. The van der Waals surface area contributed by atoms with Crippen LogP contribution in [0.4, 0.5) is 5.82 Å². The summed E-state index contributed by atoms with van der Waals surface area (Å²) in [5.41, 5.74) is 8.59. The van der Waals surface area contributed by atoms with Crippen molar-refractivity contribution < 1.29 is 0 Å². The van der Waals surface area contributed by atoms with Crippen molar-refractivity contribution in [3.05, 3.63) is 23.8 Å². The van der Waals surface area contributed by atoms with Crippen molar-refractivity contribution in [1.29, 1.82) is 0 Å². The van der Waals surface area contributed by atoms with E-state index < -0.39 is 0 Å². The zero-order valence-corrected chi connectivity index (χ0v) is 7.78. The molecule has 0 fully saturated rings. The van der Waals surface area contributed by atoms with Gasteiger partial charge >= 0.3 is 0 Å². The van der Waals surface area contributed by atoms with Crippen LogP contribution in [0.2, 0.25) is 0 Å². The number of aromatic nitrogens is 3. The number of nitrogen functional groups attached to an aromatic ring is 1. The Bertz CT molecular complexity index is 444. The second-order valence-corrected chi connectivity index (χ2v) is 3.05. The number of hydrogen-bond acceptors (Lipinski definition) is 3. The first-order valence-electron chi connectivity index (χ1n) is 4.31. The highest BCUT2D eigenvalue weighted by Gasteiger charge is 2.06. The monoisotopic (exact) mass is 176 g/mol. The maximum atomic E-state index is 5.89. The Labute approximate surface area is 76.4 Å². The number of imidazole rings is 1. The molecule has 0 spiro atoms. The summed E-state index contributed by atoms with van der Waals surface area (Å²) >= 11 is 0. The van der Waals surface area contributed by atoms with Gasteiger partial charge in [-0.3, -0.25) is 9.38 Å². The summed E-state index contributed by atoms with van der Waals surface area (Å²) in [5, 5.41) is 0. The Kier molecular flexibility index (Phi) is 1.69. The minimum absolute atomic E-state index is 0.725. The first-order chi connectivity index (χ1) is 6.22. The Morgan fingerprint density at radius 3 is 3.00 bits per heavy atom. The fourth-order valence-corrected chi connectivity index (χ4v) is 1.38. The molecule has 13 heavy (non-hydrogen) atoms. The smallest absolute Gasteiger partial charge is 0.157 e. The maximum absolute atomic E-state index is 5.89. The summed E-state index contributed by atoms with van der Waals surface area (Å²) in [6.07, 6.45) is 4.49. The topological polar surface area (TPSA) is 56.2 Å². The van der Waals surface area contributed by atoms with Crippen LogP contribution in [-0.2, 0) is 6.42 Å². The van der Waals surface area contributed by atoms with Crippen LogP contribution in [0.25, 0.3) is 5.65 Å². The summed E-state index contributed by atoms with van der Waals surface area (Å²) in [6.45, 7) is 3.98. The third-order valence-electron chi connectivity index (χ3n) is 2.09. The molecule has 4 heteroatoms. The van der Waals surface area contributed by atoms with Crippen LogP contribution in [0, 0.1) is 6.92 Å². The highest BCUT2D eigenvalue weighted by Crippen LogP contribution is 2.14. The third kappa shape index (κ3) is 1.14. The van der Waals surface area contributed by atoms with Crippen LogP contribution in [0.15, 0.2) is 12.4 Å². The van der Waals surface area contributed by atoms with Crippen molar-refractivity contribution >= 4 is 11.5 Å². The predicted octanol–water partition coefficient (Wildman–Crippen LogP) is 1.18. The SMILES string of the molecule is CCc1nc2cnc(C)cn2c1N. The average molecular weight is 176 g/mol. The minimum Gasteiger partial charge on any atom is -0.383 e. The summed E-state index contributed by atoms with van der Waals surface area (Å²) in [4.78, 5) is 8.50. The number of hydrogen-bond donors (Lipinski definition) is 1. The van der Waals surface area contributed by atoms with Crippen molar-refractivity contribution in [3.8, 4) is 0 Å². The Morgan fingerprint density at radius 1 is 1.54 bits per heavy atom. The van der Waals surface area contributed by atoms with Crippen molar-refractivity contribution in [2.24, 2.45) is 0 Å². The quantitative estimate of drug-likeness (QED) is 0.709. The van der Waals surface area contributed by atoms with Gasteiger partial charge in [0.2, 0.25) is 0 Å². The lowest BCUT2D eigenvalue weighted by Gasteiger charge is -1.96. The number of fused-ring (bicyclic) bond motifs is 1. The number of nitrogens with two attached hydrogens (primary N) is 1. The molecule has 0 atom stereocenters. The van der Waals surface area contributed by atoms with Gasteiger partial charge in [-0.15, -0.1) is 0 Å². The fourth-order valence-electron chi connectivity index (χ4n) is 1.38. The van der Waals surface area contributed by atoms with Gasteiger partial charge in [-0.2, -0.15) is 0 Å². The second kappa shape index (κ2) is 2.73. The van der Waals surface area contributed by atoms with E-state index in [1.165, 1.54) is 0 Å². The lowest BCUT2D eigenvalue weighted by Crippen LogP contribution is -1.96. The third-order valence-corrected chi connectivity index (χ3v) is 2.09. The lowest BCUT2D eigenvalue weighted by atomic mass is 10.3. The molecule has 0 saturated heterocycles. The minimum atomic E-state index is 0.725. The van der Waals surface area contributed by atoms with Gasteiger partial charge in [-0.1, -0.05) is 6.92 Å². The van der Waals surface area contributed by atoms with E-state index in [-0.39, 0.29) is 0 Å². The zero-order valence-electron chi connectivity index (χ0n) is 7.78. The normalized spacial score (nSPS) is 10.9. The molecule has 0 aliphatic rings. The van der Waals surface area contributed by atoms with Gasteiger partial charge in [-0.05, 0) is 13.3 Å². The molecule has 0 aliphatic carbocycles. The van der Waals surface area contributed by atoms with Crippen LogP contribution in [0.3, 0.4) is 0 Å². The second-order valence-electron chi connectivity index (χ2n) is 3.05. The number of aryl methyl sites for hydroxylation is 2. The summed E-state index contributed by atoms with van der Waals surface area (Å²) in [5.74, 6) is 0.725. The molecule has 2 rings (SSSR count). The van der Waals surface area contributed by atoms with Gasteiger partial charge in [0.1, 0.15) is 5.82 Å². The number of rotatable bonds is 1. The molecule has 0 aromatic carbocycles. The Hall–Kier alpha value is -1.58. The van der Waals surface area contributed by atoms with Crippen LogP contribution < -0.4 is 5.73 Å². The molecule has 2 aromatic rings. The van der Waals surface area contributed by atoms with Crippen LogP contribution >= 0.6 is 0 Å². The Morgan fingerprint density at radius 2 is 2.31 bits per heavy atom. The first kappa shape index (κ1) is 8.04. The van der Waals surface area contributed by atoms with Gasteiger partial charge in [0.05, 0.1) is 17.6 Å². The predicted molar refractivity (Wildman–Crippen MR) is 51.5 cm³/mol. The molecule has 2 aromatic heterocycles. The highest BCUT2D eigenvalue weighted by atomic mass is 15.1. The first-order valence-corrected chi connectivity index (χ1v) is 4.31. The molecule has 0 aliphatic heterocycles. The average Bonchev–Trinajstić information content (AvgIpc) is 2.44. The highest BCUT2D eigenvalue weighted by molar-refractivity contribution is 5.51. The molecule has 0 amide bonds. The largest absolute Gasteiger partial charge is 0.383 e. The molecule has 0 radical (unpaired) electrons. The van der Waals surface area contributed by atoms with Gasteiger partial charge in [-0.25, -0.2) is 4.98 Å². The van der Waals surface area contributed by atoms with E-state index in [4.69, 9.17) is 5.73 Å². The molecular formula is C9H12N4. The van der Waals surface area contributed by atoms with E-state index in [1.54, 1.807) is 6.20 Å². The van der Waals surface area contributed by atoms with Crippen LogP contribution in [0.1, 0.15) is 18.3 Å². The number of nitrogens with zero attached hydrogens (tertiary/aromatic N) is 3. The summed E-state index contributed by atoms with van der Waals surface area (Å²) in [6, 6.07) is 0. The number of anilines is 1. The molecular weight excluding hydrogens is 164 g/mol. The van der Waals surface area contributed by atoms with E-state index >= 15 is 0 Å². The Balaban J connectivity index is 2.77. The molecule has 0 unspecified atom stereocenters. The lowest BCUT2D eigenvalue weighted by molar-refractivity contribution is 1.07. The van der Waals surface area contributed by atoms with Gasteiger partial charge < -0.3 is 5.73 Å². The van der Waals surface area contributed by atoms with E-state index in [0.29, 0.717) is 0 Å². The van der Waals surface area contributed by atoms with Crippen LogP contribution in [0.5, 0.6) is 0 Å². The van der Waals surface area contributed by atoms with Crippen molar-refractivity contribution in [3.63, 3.8) is 0 Å². The van der Waals surface area contributed by atoms with Crippen molar-refractivity contribution in [2.75, 3.05) is 5.73 Å². The van der Waals surface area contributed by atoms with Gasteiger partial charge in [0, 0.05) is 6.20 Å².